The van der Waals surface area contributed by atoms with Crippen molar-refractivity contribution in [3.63, 3.8) is 0 Å². The van der Waals surface area contributed by atoms with Crippen molar-refractivity contribution in [2.45, 2.75) is 58.9 Å². The van der Waals surface area contributed by atoms with Crippen molar-refractivity contribution in [1.29, 1.82) is 0 Å². The predicted molar refractivity (Wildman–Crippen MR) is 93.0 cm³/mol. The standard InChI is InChI=1S/C20H33N/c1-5-8-16(4)20-18-12-15(3)10-7-6-9-14(2)11-17(18)13-19(20)21/h6-7,9-10,15-20H,2,5,8,11-13,21H2,1,3-4H3/b9-6-,10-7-. The second kappa shape index (κ2) is 7.45. The molecule has 0 aromatic rings. The normalized spacial score (nSPS) is 41.3. The van der Waals surface area contributed by atoms with E-state index >= 15 is 0 Å². The minimum Gasteiger partial charge on any atom is -0.327 e. The van der Waals surface area contributed by atoms with Gasteiger partial charge in [0, 0.05) is 6.04 Å². The highest BCUT2D eigenvalue weighted by atomic mass is 14.7. The lowest BCUT2D eigenvalue weighted by atomic mass is 9.73. The third kappa shape index (κ3) is 4.10. The first kappa shape index (κ1) is 16.5. The maximum Gasteiger partial charge on any atom is 0.00753 e. The molecule has 21 heavy (non-hydrogen) atoms. The van der Waals surface area contributed by atoms with Crippen molar-refractivity contribution < 1.29 is 0 Å². The molecular formula is C20H33N. The lowest BCUT2D eigenvalue weighted by Gasteiger charge is -2.32. The van der Waals surface area contributed by atoms with E-state index in [0.29, 0.717) is 17.9 Å². The molecule has 0 aromatic heterocycles. The van der Waals surface area contributed by atoms with Gasteiger partial charge in [0.15, 0.2) is 0 Å². The van der Waals surface area contributed by atoms with E-state index < -0.39 is 0 Å². The molecule has 2 rings (SSSR count). The Morgan fingerprint density at radius 3 is 2.81 bits per heavy atom. The molecule has 1 heteroatoms. The quantitative estimate of drug-likeness (QED) is 0.767. The number of rotatable bonds is 3. The topological polar surface area (TPSA) is 26.0 Å². The van der Waals surface area contributed by atoms with Crippen LogP contribution in [0.3, 0.4) is 0 Å². The van der Waals surface area contributed by atoms with Gasteiger partial charge in [-0.1, -0.05) is 70.1 Å². The van der Waals surface area contributed by atoms with Crippen molar-refractivity contribution in [1.82, 2.24) is 0 Å². The third-order valence-corrected chi connectivity index (χ3v) is 5.62. The SMILES string of the molecule is C=C1/C=C\C=C/C(C)CC2C(C1)CC(N)C2C(C)CCC. The van der Waals surface area contributed by atoms with Gasteiger partial charge in [0.05, 0.1) is 0 Å². The Bertz CT molecular complexity index is 406. The molecule has 0 saturated heterocycles. The summed E-state index contributed by atoms with van der Waals surface area (Å²) in [6.45, 7) is 11.3. The fourth-order valence-corrected chi connectivity index (χ4v) is 4.75. The largest absolute Gasteiger partial charge is 0.327 e. The van der Waals surface area contributed by atoms with E-state index in [1.54, 1.807) is 0 Å². The predicted octanol–water partition coefficient (Wildman–Crippen LogP) is 5.10. The summed E-state index contributed by atoms with van der Waals surface area (Å²) in [6.07, 6.45) is 15.0. The van der Waals surface area contributed by atoms with E-state index in [1.165, 1.54) is 31.3 Å². The highest BCUT2D eigenvalue weighted by Gasteiger charge is 2.43. The molecular weight excluding hydrogens is 254 g/mol. The first-order valence-electron chi connectivity index (χ1n) is 8.81. The average molecular weight is 287 g/mol. The molecule has 0 amide bonds. The molecule has 0 aromatic carbocycles. The van der Waals surface area contributed by atoms with Gasteiger partial charge in [0.1, 0.15) is 0 Å². The Balaban J connectivity index is 2.21. The Labute approximate surface area is 131 Å². The van der Waals surface area contributed by atoms with Crippen molar-refractivity contribution in [3.8, 4) is 0 Å². The van der Waals surface area contributed by atoms with Gasteiger partial charge >= 0.3 is 0 Å². The highest BCUT2D eigenvalue weighted by Crippen LogP contribution is 2.47. The molecule has 0 radical (unpaired) electrons. The van der Waals surface area contributed by atoms with Crippen LogP contribution in [0.5, 0.6) is 0 Å². The summed E-state index contributed by atoms with van der Waals surface area (Å²) in [5.41, 5.74) is 7.84. The number of nitrogens with two attached hydrogens (primary N) is 1. The van der Waals surface area contributed by atoms with Crippen LogP contribution in [0.15, 0.2) is 36.5 Å². The molecule has 1 nitrogen and oxygen atoms in total. The van der Waals surface area contributed by atoms with E-state index in [-0.39, 0.29) is 0 Å². The lowest BCUT2D eigenvalue weighted by molar-refractivity contribution is 0.193. The summed E-state index contributed by atoms with van der Waals surface area (Å²) in [5, 5.41) is 0. The van der Waals surface area contributed by atoms with Gasteiger partial charge < -0.3 is 5.73 Å². The Morgan fingerprint density at radius 2 is 2.10 bits per heavy atom. The molecule has 1 fully saturated rings. The van der Waals surface area contributed by atoms with Crippen LogP contribution < -0.4 is 5.73 Å². The van der Waals surface area contributed by atoms with E-state index in [1.807, 2.05) is 0 Å². The van der Waals surface area contributed by atoms with E-state index in [0.717, 1.165) is 24.2 Å². The van der Waals surface area contributed by atoms with Crippen molar-refractivity contribution in [2.24, 2.45) is 35.3 Å². The summed E-state index contributed by atoms with van der Waals surface area (Å²) < 4.78 is 0. The zero-order valence-electron chi connectivity index (χ0n) is 14.1. The summed E-state index contributed by atoms with van der Waals surface area (Å²) in [6, 6.07) is 0.385. The van der Waals surface area contributed by atoms with Gasteiger partial charge in [-0.15, -0.1) is 0 Å². The summed E-state index contributed by atoms with van der Waals surface area (Å²) in [4.78, 5) is 0. The molecule has 1 saturated carbocycles. The van der Waals surface area contributed by atoms with E-state index in [9.17, 15) is 0 Å². The van der Waals surface area contributed by atoms with Gasteiger partial charge in [0.2, 0.25) is 0 Å². The van der Waals surface area contributed by atoms with Gasteiger partial charge in [-0.3, -0.25) is 0 Å². The average Bonchev–Trinajstić information content (AvgIpc) is 2.71. The Morgan fingerprint density at radius 1 is 1.33 bits per heavy atom. The van der Waals surface area contributed by atoms with Crippen LogP contribution in [0.4, 0.5) is 0 Å². The zero-order valence-corrected chi connectivity index (χ0v) is 14.1. The smallest absolute Gasteiger partial charge is 0.00753 e. The number of fused-ring (bicyclic) bond motifs is 1. The fraction of sp³-hybridized carbons (Fsp3) is 0.700. The monoisotopic (exact) mass is 287 g/mol. The molecule has 2 aliphatic rings. The molecule has 6 unspecified atom stereocenters. The molecule has 6 atom stereocenters. The van der Waals surface area contributed by atoms with Crippen LogP contribution in [-0.4, -0.2) is 6.04 Å². The van der Waals surface area contributed by atoms with Crippen LogP contribution >= 0.6 is 0 Å². The van der Waals surface area contributed by atoms with Gasteiger partial charge in [-0.05, 0) is 48.9 Å². The molecule has 0 heterocycles. The second-order valence-electron chi connectivity index (χ2n) is 7.49. The molecule has 2 N–H and O–H groups in total. The first-order valence-corrected chi connectivity index (χ1v) is 8.81. The van der Waals surface area contributed by atoms with Crippen LogP contribution in [0.25, 0.3) is 0 Å². The highest BCUT2D eigenvalue weighted by molar-refractivity contribution is 5.21. The summed E-state index contributed by atoms with van der Waals surface area (Å²) >= 11 is 0. The zero-order chi connectivity index (χ0) is 15.4. The molecule has 0 bridgehead atoms. The van der Waals surface area contributed by atoms with Gasteiger partial charge in [-0.25, -0.2) is 0 Å². The number of hydrogen-bond acceptors (Lipinski definition) is 1. The van der Waals surface area contributed by atoms with E-state index in [4.69, 9.17) is 5.73 Å². The Kier molecular flexibility index (Phi) is 5.87. The molecule has 0 spiro atoms. The maximum absolute atomic E-state index is 6.58. The van der Waals surface area contributed by atoms with Crippen molar-refractivity contribution in [2.75, 3.05) is 0 Å². The third-order valence-electron chi connectivity index (χ3n) is 5.62. The van der Waals surface area contributed by atoms with Gasteiger partial charge in [-0.2, -0.15) is 0 Å². The van der Waals surface area contributed by atoms with Crippen LogP contribution in [0.2, 0.25) is 0 Å². The minimum atomic E-state index is 0.385. The number of hydrogen-bond donors (Lipinski definition) is 1. The van der Waals surface area contributed by atoms with E-state index in [2.05, 4.69) is 51.7 Å². The first-order chi connectivity index (χ1) is 10.0. The fourth-order valence-electron chi connectivity index (χ4n) is 4.75. The summed E-state index contributed by atoms with van der Waals surface area (Å²) in [5.74, 6) is 3.60. The van der Waals surface area contributed by atoms with Crippen molar-refractivity contribution >= 4 is 0 Å². The number of allylic oxidation sites excluding steroid dienone is 5. The minimum absolute atomic E-state index is 0.385. The Hall–Kier alpha value is -0.820. The molecule has 118 valence electrons. The van der Waals surface area contributed by atoms with Crippen LogP contribution in [-0.2, 0) is 0 Å². The van der Waals surface area contributed by atoms with Crippen LogP contribution in [0, 0.1) is 29.6 Å². The van der Waals surface area contributed by atoms with Crippen LogP contribution in [0.1, 0.15) is 52.9 Å². The molecule has 0 aliphatic heterocycles. The summed E-state index contributed by atoms with van der Waals surface area (Å²) in [7, 11) is 0. The van der Waals surface area contributed by atoms with Gasteiger partial charge in [0.25, 0.3) is 0 Å². The lowest BCUT2D eigenvalue weighted by Crippen LogP contribution is -2.33. The van der Waals surface area contributed by atoms with Crippen molar-refractivity contribution in [3.05, 3.63) is 36.5 Å². The maximum atomic E-state index is 6.58. The second-order valence-corrected chi connectivity index (χ2v) is 7.49. The molecule has 2 aliphatic carbocycles.